The SMILES string of the molecule is CCC(CC)n1ccc(CC(NN)C2(OC)CCCC2)n1. The molecule has 0 bridgehead atoms. The Hall–Kier alpha value is -0.910. The van der Waals surface area contributed by atoms with Gasteiger partial charge in [0.2, 0.25) is 0 Å². The van der Waals surface area contributed by atoms with E-state index in [0.29, 0.717) is 6.04 Å². The smallest absolute Gasteiger partial charge is 0.0848 e. The van der Waals surface area contributed by atoms with Gasteiger partial charge in [-0.3, -0.25) is 16.0 Å². The van der Waals surface area contributed by atoms with E-state index in [4.69, 9.17) is 15.7 Å². The summed E-state index contributed by atoms with van der Waals surface area (Å²) in [5.74, 6) is 5.82. The van der Waals surface area contributed by atoms with E-state index >= 15 is 0 Å². The van der Waals surface area contributed by atoms with Crippen molar-refractivity contribution in [3.05, 3.63) is 18.0 Å². The van der Waals surface area contributed by atoms with Gasteiger partial charge in [-0.2, -0.15) is 5.10 Å². The maximum absolute atomic E-state index is 5.84. The highest BCUT2D eigenvalue weighted by molar-refractivity contribution is 5.07. The van der Waals surface area contributed by atoms with Crippen LogP contribution in [0.4, 0.5) is 0 Å². The molecule has 0 aliphatic heterocycles. The maximum Gasteiger partial charge on any atom is 0.0848 e. The first kappa shape index (κ1) is 16.5. The Morgan fingerprint density at radius 2 is 2.05 bits per heavy atom. The van der Waals surface area contributed by atoms with E-state index in [1.807, 2.05) is 0 Å². The van der Waals surface area contributed by atoms with Crippen molar-refractivity contribution in [2.24, 2.45) is 5.84 Å². The summed E-state index contributed by atoms with van der Waals surface area (Å²) in [6.07, 6.45) is 9.71. The van der Waals surface area contributed by atoms with Gasteiger partial charge in [-0.1, -0.05) is 26.7 Å². The van der Waals surface area contributed by atoms with Crippen molar-refractivity contribution >= 4 is 0 Å². The van der Waals surface area contributed by atoms with Crippen LogP contribution in [0.3, 0.4) is 0 Å². The quantitative estimate of drug-likeness (QED) is 0.571. The van der Waals surface area contributed by atoms with Gasteiger partial charge in [0.05, 0.1) is 23.4 Å². The molecule has 5 heteroatoms. The predicted octanol–water partition coefficient (Wildman–Crippen LogP) is 2.58. The zero-order chi connectivity index (χ0) is 15.3. The lowest BCUT2D eigenvalue weighted by Gasteiger charge is -2.35. The fourth-order valence-electron chi connectivity index (χ4n) is 3.63. The van der Waals surface area contributed by atoms with Gasteiger partial charge in [-0.25, -0.2) is 0 Å². The molecule has 0 aromatic carbocycles. The van der Waals surface area contributed by atoms with E-state index in [1.165, 1.54) is 12.8 Å². The minimum Gasteiger partial charge on any atom is -0.377 e. The fraction of sp³-hybridized carbons (Fsp3) is 0.812. The normalized spacial score (nSPS) is 19.3. The molecule has 0 spiro atoms. The number of hydrogen-bond acceptors (Lipinski definition) is 4. The number of aromatic nitrogens is 2. The lowest BCUT2D eigenvalue weighted by atomic mass is 9.89. The molecule has 1 atom stereocenters. The molecule has 1 saturated carbocycles. The number of hydrazine groups is 1. The summed E-state index contributed by atoms with van der Waals surface area (Å²) in [5.41, 5.74) is 3.94. The molecule has 3 N–H and O–H groups in total. The molecule has 5 nitrogen and oxygen atoms in total. The average Bonchev–Trinajstić information content (AvgIpc) is 3.16. The number of methoxy groups -OCH3 is 1. The lowest BCUT2D eigenvalue weighted by Crippen LogP contribution is -2.54. The zero-order valence-electron chi connectivity index (χ0n) is 13.6. The van der Waals surface area contributed by atoms with Crippen LogP contribution in [0, 0.1) is 0 Å². The Morgan fingerprint density at radius 3 is 2.57 bits per heavy atom. The van der Waals surface area contributed by atoms with Crippen molar-refractivity contribution < 1.29 is 4.74 Å². The maximum atomic E-state index is 5.84. The summed E-state index contributed by atoms with van der Waals surface area (Å²) in [4.78, 5) is 0. The number of ether oxygens (including phenoxy) is 1. The van der Waals surface area contributed by atoms with Crippen molar-refractivity contribution in [3.63, 3.8) is 0 Å². The summed E-state index contributed by atoms with van der Waals surface area (Å²) >= 11 is 0. The minimum absolute atomic E-state index is 0.120. The third kappa shape index (κ3) is 3.47. The second kappa shape index (κ2) is 7.38. The molecular weight excluding hydrogens is 264 g/mol. The molecule has 1 aromatic heterocycles. The number of nitrogens with two attached hydrogens (primary N) is 1. The van der Waals surface area contributed by atoms with Gasteiger partial charge < -0.3 is 4.74 Å². The van der Waals surface area contributed by atoms with Gasteiger partial charge >= 0.3 is 0 Å². The van der Waals surface area contributed by atoms with Gasteiger partial charge in [-0.15, -0.1) is 0 Å². The topological polar surface area (TPSA) is 65.1 Å². The molecule has 1 fully saturated rings. The Morgan fingerprint density at radius 1 is 1.38 bits per heavy atom. The highest BCUT2D eigenvalue weighted by atomic mass is 16.5. The van der Waals surface area contributed by atoms with Crippen LogP contribution in [0.25, 0.3) is 0 Å². The molecule has 1 unspecified atom stereocenters. The fourth-order valence-corrected chi connectivity index (χ4v) is 3.63. The number of nitrogens with one attached hydrogen (secondary N) is 1. The molecule has 0 radical (unpaired) electrons. The summed E-state index contributed by atoms with van der Waals surface area (Å²) in [5, 5.41) is 4.74. The first-order chi connectivity index (χ1) is 10.2. The summed E-state index contributed by atoms with van der Waals surface area (Å²) in [6.45, 7) is 4.41. The third-order valence-corrected chi connectivity index (χ3v) is 5.09. The lowest BCUT2D eigenvalue weighted by molar-refractivity contribution is -0.0358. The average molecular weight is 294 g/mol. The molecule has 0 saturated heterocycles. The summed E-state index contributed by atoms with van der Waals surface area (Å²) in [6, 6.07) is 2.72. The number of rotatable bonds is 8. The first-order valence-corrected chi connectivity index (χ1v) is 8.24. The second-order valence-corrected chi connectivity index (χ2v) is 6.16. The second-order valence-electron chi connectivity index (χ2n) is 6.16. The molecule has 0 amide bonds. The van der Waals surface area contributed by atoms with Gasteiger partial charge in [0.1, 0.15) is 0 Å². The summed E-state index contributed by atoms with van der Waals surface area (Å²) in [7, 11) is 1.80. The van der Waals surface area contributed by atoms with Crippen LogP contribution in [0.5, 0.6) is 0 Å². The highest BCUT2D eigenvalue weighted by Crippen LogP contribution is 2.36. The number of hydrogen-bond donors (Lipinski definition) is 2. The largest absolute Gasteiger partial charge is 0.377 e. The first-order valence-electron chi connectivity index (χ1n) is 8.24. The molecule has 1 aromatic rings. The van der Waals surface area contributed by atoms with Crippen molar-refractivity contribution in [2.75, 3.05) is 7.11 Å². The minimum atomic E-state index is -0.132. The van der Waals surface area contributed by atoms with Crippen molar-refractivity contribution in [1.82, 2.24) is 15.2 Å². The van der Waals surface area contributed by atoms with Gasteiger partial charge in [-0.05, 0) is 31.7 Å². The van der Waals surface area contributed by atoms with Crippen LogP contribution in [0.1, 0.15) is 64.1 Å². The molecule has 1 aliphatic carbocycles. The van der Waals surface area contributed by atoms with E-state index in [9.17, 15) is 0 Å². The number of nitrogens with zero attached hydrogens (tertiary/aromatic N) is 2. The van der Waals surface area contributed by atoms with Crippen molar-refractivity contribution in [2.45, 2.75) is 76.5 Å². The predicted molar refractivity (Wildman–Crippen MR) is 84.9 cm³/mol. The monoisotopic (exact) mass is 294 g/mol. The van der Waals surface area contributed by atoms with E-state index in [0.717, 1.165) is 37.8 Å². The summed E-state index contributed by atoms with van der Waals surface area (Å²) < 4.78 is 7.94. The van der Waals surface area contributed by atoms with E-state index in [2.05, 4.69) is 36.2 Å². The Labute approximate surface area is 128 Å². The standard InChI is InChI=1S/C16H30N4O/c1-4-14(5-2)20-11-8-13(19-20)12-15(18-17)16(21-3)9-6-7-10-16/h8,11,14-15,18H,4-7,9-10,12,17H2,1-3H3. The van der Waals surface area contributed by atoms with Crippen LogP contribution in [0.15, 0.2) is 12.3 Å². The Bertz CT molecular complexity index is 422. The molecule has 1 aliphatic rings. The highest BCUT2D eigenvalue weighted by Gasteiger charge is 2.41. The molecular formula is C16H30N4O. The van der Waals surface area contributed by atoms with Crippen molar-refractivity contribution in [3.8, 4) is 0 Å². The van der Waals surface area contributed by atoms with E-state index in [1.54, 1.807) is 7.11 Å². The van der Waals surface area contributed by atoms with Crippen LogP contribution in [-0.4, -0.2) is 28.5 Å². The van der Waals surface area contributed by atoms with Crippen LogP contribution >= 0.6 is 0 Å². The molecule has 2 rings (SSSR count). The van der Waals surface area contributed by atoms with Gasteiger partial charge in [0.25, 0.3) is 0 Å². The van der Waals surface area contributed by atoms with Gasteiger partial charge in [0.15, 0.2) is 0 Å². The van der Waals surface area contributed by atoms with Crippen LogP contribution in [-0.2, 0) is 11.2 Å². The zero-order valence-corrected chi connectivity index (χ0v) is 13.6. The van der Waals surface area contributed by atoms with E-state index in [-0.39, 0.29) is 11.6 Å². The Balaban J connectivity index is 2.08. The third-order valence-electron chi connectivity index (χ3n) is 5.09. The molecule has 1 heterocycles. The van der Waals surface area contributed by atoms with Crippen LogP contribution < -0.4 is 11.3 Å². The molecule has 21 heavy (non-hydrogen) atoms. The van der Waals surface area contributed by atoms with Crippen LogP contribution in [0.2, 0.25) is 0 Å². The van der Waals surface area contributed by atoms with E-state index < -0.39 is 0 Å². The Kier molecular flexibility index (Phi) is 5.79. The molecule has 120 valence electrons. The van der Waals surface area contributed by atoms with Gasteiger partial charge in [0, 0.05) is 19.7 Å². The van der Waals surface area contributed by atoms with Crippen molar-refractivity contribution in [1.29, 1.82) is 0 Å².